The molecular weight excluding hydrogens is 258 g/mol. The van der Waals surface area contributed by atoms with E-state index in [4.69, 9.17) is 10.3 Å². The Hall–Kier alpha value is -2.14. The van der Waals surface area contributed by atoms with E-state index in [2.05, 4.69) is 28.5 Å². The van der Waals surface area contributed by atoms with Crippen molar-refractivity contribution in [1.29, 1.82) is 0 Å². The van der Waals surface area contributed by atoms with E-state index in [1.807, 2.05) is 18.2 Å². The SMILES string of the molecule is CCc1ccsc1-c1noc(N)c1-c1ccccn1. The van der Waals surface area contributed by atoms with Crippen LogP contribution in [0, 0.1) is 0 Å². The summed E-state index contributed by atoms with van der Waals surface area (Å²) in [6, 6.07) is 7.81. The minimum Gasteiger partial charge on any atom is -0.367 e. The summed E-state index contributed by atoms with van der Waals surface area (Å²) in [5, 5.41) is 6.17. The van der Waals surface area contributed by atoms with Gasteiger partial charge in [0.05, 0.1) is 16.1 Å². The van der Waals surface area contributed by atoms with Crippen molar-refractivity contribution in [2.75, 3.05) is 5.73 Å². The molecule has 0 aromatic carbocycles. The first kappa shape index (κ1) is 11.9. The van der Waals surface area contributed by atoms with E-state index >= 15 is 0 Å². The number of anilines is 1. The molecule has 96 valence electrons. The molecule has 3 rings (SSSR count). The van der Waals surface area contributed by atoms with Crippen LogP contribution < -0.4 is 5.73 Å². The van der Waals surface area contributed by atoms with Crippen LogP contribution in [-0.2, 0) is 6.42 Å². The first-order chi connectivity index (χ1) is 9.31. The number of rotatable bonds is 3. The maximum Gasteiger partial charge on any atom is 0.232 e. The van der Waals surface area contributed by atoms with E-state index in [0.29, 0.717) is 5.88 Å². The molecule has 3 aromatic heterocycles. The van der Waals surface area contributed by atoms with Crippen molar-refractivity contribution in [3.05, 3.63) is 41.4 Å². The van der Waals surface area contributed by atoms with Crippen LogP contribution >= 0.6 is 11.3 Å². The van der Waals surface area contributed by atoms with E-state index in [-0.39, 0.29) is 0 Å². The molecule has 19 heavy (non-hydrogen) atoms. The summed E-state index contributed by atoms with van der Waals surface area (Å²) in [7, 11) is 0. The first-order valence-corrected chi connectivity index (χ1v) is 6.92. The largest absolute Gasteiger partial charge is 0.367 e. The average Bonchev–Trinajstić information content (AvgIpc) is 3.05. The number of nitrogens with zero attached hydrogens (tertiary/aromatic N) is 2. The monoisotopic (exact) mass is 271 g/mol. The summed E-state index contributed by atoms with van der Waals surface area (Å²) < 4.78 is 5.17. The van der Waals surface area contributed by atoms with Gasteiger partial charge in [-0.2, -0.15) is 0 Å². The fourth-order valence-corrected chi connectivity index (χ4v) is 3.02. The lowest BCUT2D eigenvalue weighted by Gasteiger charge is -2.01. The molecule has 2 N–H and O–H groups in total. The van der Waals surface area contributed by atoms with Gasteiger partial charge in [-0.25, -0.2) is 0 Å². The molecule has 0 bridgehead atoms. The molecule has 5 heteroatoms. The summed E-state index contributed by atoms with van der Waals surface area (Å²) in [5.41, 5.74) is 9.49. The smallest absolute Gasteiger partial charge is 0.232 e. The van der Waals surface area contributed by atoms with Gasteiger partial charge in [0.1, 0.15) is 5.69 Å². The molecule has 3 aromatic rings. The van der Waals surface area contributed by atoms with E-state index in [1.54, 1.807) is 17.5 Å². The minimum absolute atomic E-state index is 0.309. The summed E-state index contributed by atoms with van der Waals surface area (Å²) in [5.74, 6) is 0.309. The highest BCUT2D eigenvalue weighted by Crippen LogP contribution is 2.39. The van der Waals surface area contributed by atoms with E-state index in [1.165, 1.54) is 5.56 Å². The number of hydrogen-bond donors (Lipinski definition) is 1. The average molecular weight is 271 g/mol. The van der Waals surface area contributed by atoms with Gasteiger partial charge in [-0.05, 0) is 35.6 Å². The Morgan fingerprint density at radius 1 is 1.32 bits per heavy atom. The molecule has 0 spiro atoms. The van der Waals surface area contributed by atoms with Gasteiger partial charge in [-0.1, -0.05) is 18.1 Å². The predicted octanol–water partition coefficient (Wildman–Crippen LogP) is 3.61. The topological polar surface area (TPSA) is 64.9 Å². The zero-order valence-corrected chi connectivity index (χ0v) is 11.3. The molecule has 0 saturated heterocycles. The number of nitrogen functional groups attached to an aromatic ring is 1. The molecular formula is C14H13N3OS. The van der Waals surface area contributed by atoms with Crippen molar-refractivity contribution >= 4 is 17.2 Å². The van der Waals surface area contributed by atoms with Crippen LogP contribution in [-0.4, -0.2) is 10.1 Å². The number of thiophene rings is 1. The van der Waals surface area contributed by atoms with Crippen LogP contribution in [0.3, 0.4) is 0 Å². The van der Waals surface area contributed by atoms with Gasteiger partial charge in [0.25, 0.3) is 0 Å². The Morgan fingerprint density at radius 2 is 2.21 bits per heavy atom. The summed E-state index contributed by atoms with van der Waals surface area (Å²) in [4.78, 5) is 5.43. The Labute approximate surface area is 114 Å². The second kappa shape index (κ2) is 4.85. The van der Waals surface area contributed by atoms with Crippen molar-refractivity contribution in [1.82, 2.24) is 10.1 Å². The van der Waals surface area contributed by atoms with Gasteiger partial charge in [0.2, 0.25) is 5.88 Å². The fraction of sp³-hybridized carbons (Fsp3) is 0.143. The molecule has 0 unspecified atom stereocenters. The van der Waals surface area contributed by atoms with Crippen molar-refractivity contribution < 1.29 is 4.52 Å². The lowest BCUT2D eigenvalue weighted by atomic mass is 10.1. The molecule has 3 heterocycles. The van der Waals surface area contributed by atoms with Crippen molar-refractivity contribution in [2.24, 2.45) is 0 Å². The number of aryl methyl sites for hydroxylation is 1. The predicted molar refractivity (Wildman–Crippen MR) is 76.8 cm³/mol. The van der Waals surface area contributed by atoms with Crippen LogP contribution in [0.25, 0.3) is 21.8 Å². The van der Waals surface area contributed by atoms with Gasteiger partial charge in [0, 0.05) is 6.20 Å². The highest BCUT2D eigenvalue weighted by Gasteiger charge is 2.20. The third-order valence-corrected chi connectivity index (χ3v) is 3.95. The third-order valence-electron chi connectivity index (χ3n) is 2.98. The number of pyridine rings is 1. The lowest BCUT2D eigenvalue weighted by molar-refractivity contribution is 0.439. The van der Waals surface area contributed by atoms with Crippen molar-refractivity contribution in [2.45, 2.75) is 13.3 Å². The highest BCUT2D eigenvalue weighted by molar-refractivity contribution is 7.13. The zero-order chi connectivity index (χ0) is 13.2. The number of aromatic nitrogens is 2. The summed E-state index contributed by atoms with van der Waals surface area (Å²) in [6.07, 6.45) is 2.69. The van der Waals surface area contributed by atoms with Gasteiger partial charge in [-0.15, -0.1) is 11.3 Å². The zero-order valence-electron chi connectivity index (χ0n) is 10.5. The normalized spacial score (nSPS) is 10.8. The Bertz CT molecular complexity index is 688. The second-order valence-corrected chi connectivity index (χ2v) is 5.03. The van der Waals surface area contributed by atoms with Crippen molar-refractivity contribution in [3.8, 4) is 21.8 Å². The Morgan fingerprint density at radius 3 is 2.95 bits per heavy atom. The number of hydrogen-bond acceptors (Lipinski definition) is 5. The van der Waals surface area contributed by atoms with E-state index < -0.39 is 0 Å². The van der Waals surface area contributed by atoms with Gasteiger partial charge >= 0.3 is 0 Å². The second-order valence-electron chi connectivity index (χ2n) is 4.11. The first-order valence-electron chi connectivity index (χ1n) is 6.04. The highest BCUT2D eigenvalue weighted by atomic mass is 32.1. The van der Waals surface area contributed by atoms with E-state index in [9.17, 15) is 0 Å². The lowest BCUT2D eigenvalue weighted by Crippen LogP contribution is -1.90. The molecule has 0 radical (unpaired) electrons. The summed E-state index contributed by atoms with van der Waals surface area (Å²) in [6.45, 7) is 2.12. The van der Waals surface area contributed by atoms with E-state index in [0.717, 1.165) is 28.2 Å². The van der Waals surface area contributed by atoms with Crippen LogP contribution in [0.1, 0.15) is 12.5 Å². The molecule has 0 aliphatic rings. The Balaban J connectivity index is 2.20. The molecule has 0 fully saturated rings. The Kier molecular flexibility index (Phi) is 3.05. The maximum absolute atomic E-state index is 5.91. The van der Waals surface area contributed by atoms with Crippen LogP contribution in [0.4, 0.5) is 5.88 Å². The van der Waals surface area contributed by atoms with Crippen LogP contribution in [0.2, 0.25) is 0 Å². The van der Waals surface area contributed by atoms with Gasteiger partial charge in [-0.3, -0.25) is 4.98 Å². The summed E-state index contributed by atoms with van der Waals surface area (Å²) >= 11 is 1.64. The number of nitrogens with two attached hydrogens (primary N) is 1. The van der Waals surface area contributed by atoms with Crippen LogP contribution in [0.5, 0.6) is 0 Å². The minimum atomic E-state index is 0.309. The quantitative estimate of drug-likeness (QED) is 0.790. The standard InChI is InChI=1S/C14H13N3OS/c1-2-9-6-8-19-13(9)12-11(14(15)18-17-12)10-5-3-4-7-16-10/h3-8H,2,15H2,1H3. The van der Waals surface area contributed by atoms with Gasteiger partial charge < -0.3 is 10.3 Å². The molecule has 4 nitrogen and oxygen atoms in total. The van der Waals surface area contributed by atoms with Crippen LogP contribution in [0.15, 0.2) is 40.4 Å². The molecule has 0 atom stereocenters. The van der Waals surface area contributed by atoms with Crippen molar-refractivity contribution in [3.63, 3.8) is 0 Å². The van der Waals surface area contributed by atoms with Gasteiger partial charge in [0.15, 0.2) is 0 Å². The molecule has 0 aliphatic heterocycles. The third kappa shape index (κ3) is 2.02. The molecule has 0 amide bonds. The maximum atomic E-state index is 5.91. The molecule has 0 saturated carbocycles. The molecule has 0 aliphatic carbocycles. The fourth-order valence-electron chi connectivity index (χ4n) is 2.04.